The third kappa shape index (κ3) is 6.41. The number of nitrogens with zero attached hydrogens (tertiary/aromatic N) is 2. The first-order valence-electron chi connectivity index (χ1n) is 7.29. The topological polar surface area (TPSA) is 74.3 Å². The smallest absolute Gasteiger partial charge is 0.239 e. The zero-order valence-electron chi connectivity index (χ0n) is 13.5. The SMILES string of the molecule is CN(CC(=O)Nc1ccc(Br)cn1)CC(=O)Nc1cc(Cl)c(Cl)cc1Cl. The van der Waals surface area contributed by atoms with Crippen LogP contribution in [0, 0.1) is 0 Å². The Morgan fingerprint density at radius 3 is 2.27 bits per heavy atom. The van der Waals surface area contributed by atoms with E-state index in [9.17, 15) is 9.59 Å². The number of likely N-dealkylation sites (N-methyl/N-ethyl adjacent to an activating group) is 1. The van der Waals surface area contributed by atoms with E-state index in [1.807, 2.05) is 0 Å². The summed E-state index contributed by atoms with van der Waals surface area (Å²) in [6, 6.07) is 6.35. The molecule has 0 bridgehead atoms. The lowest BCUT2D eigenvalue weighted by Gasteiger charge is -2.16. The average Bonchev–Trinajstić information content (AvgIpc) is 2.54. The van der Waals surface area contributed by atoms with Gasteiger partial charge in [-0.1, -0.05) is 34.8 Å². The summed E-state index contributed by atoms with van der Waals surface area (Å²) in [5, 5.41) is 6.13. The van der Waals surface area contributed by atoms with Crippen LogP contribution < -0.4 is 10.6 Å². The Bertz CT molecular complexity index is 818. The minimum absolute atomic E-state index is 0.0142. The van der Waals surface area contributed by atoms with Gasteiger partial charge in [0.05, 0.1) is 33.8 Å². The number of aromatic nitrogens is 1. The molecule has 10 heteroatoms. The van der Waals surface area contributed by atoms with E-state index in [-0.39, 0.29) is 34.9 Å². The molecule has 2 aromatic rings. The van der Waals surface area contributed by atoms with E-state index >= 15 is 0 Å². The van der Waals surface area contributed by atoms with Gasteiger partial charge >= 0.3 is 0 Å². The molecule has 0 unspecified atom stereocenters. The van der Waals surface area contributed by atoms with Gasteiger partial charge in [0.25, 0.3) is 0 Å². The average molecular weight is 481 g/mol. The van der Waals surface area contributed by atoms with Crippen LogP contribution in [0.15, 0.2) is 34.9 Å². The van der Waals surface area contributed by atoms with Gasteiger partial charge in [0, 0.05) is 10.7 Å². The molecule has 1 heterocycles. The van der Waals surface area contributed by atoms with Gasteiger partial charge in [-0.2, -0.15) is 0 Å². The van der Waals surface area contributed by atoms with Crippen molar-refractivity contribution >= 4 is 74.1 Å². The van der Waals surface area contributed by atoms with Crippen LogP contribution in [-0.2, 0) is 9.59 Å². The van der Waals surface area contributed by atoms with E-state index in [0.717, 1.165) is 4.47 Å². The Morgan fingerprint density at radius 2 is 1.65 bits per heavy atom. The maximum absolute atomic E-state index is 12.1. The largest absolute Gasteiger partial charge is 0.324 e. The molecule has 0 saturated heterocycles. The van der Waals surface area contributed by atoms with E-state index in [4.69, 9.17) is 34.8 Å². The molecule has 2 amide bonds. The molecule has 0 aliphatic heterocycles. The van der Waals surface area contributed by atoms with E-state index < -0.39 is 0 Å². The lowest BCUT2D eigenvalue weighted by atomic mass is 10.3. The molecule has 0 atom stereocenters. The summed E-state index contributed by atoms with van der Waals surface area (Å²) in [5.41, 5.74) is 0.350. The molecule has 1 aromatic carbocycles. The van der Waals surface area contributed by atoms with Gasteiger partial charge in [0.2, 0.25) is 11.8 Å². The Kier molecular flexibility index (Phi) is 7.67. The van der Waals surface area contributed by atoms with Gasteiger partial charge in [-0.25, -0.2) is 4.98 Å². The monoisotopic (exact) mass is 478 g/mol. The molecule has 2 N–H and O–H groups in total. The van der Waals surface area contributed by atoms with Crippen LogP contribution in [0.2, 0.25) is 15.1 Å². The normalized spacial score (nSPS) is 10.7. The third-order valence-electron chi connectivity index (χ3n) is 3.11. The first kappa shape index (κ1) is 20.9. The van der Waals surface area contributed by atoms with E-state index in [2.05, 4.69) is 31.5 Å². The van der Waals surface area contributed by atoms with Gasteiger partial charge in [-0.3, -0.25) is 14.5 Å². The highest BCUT2D eigenvalue weighted by Gasteiger charge is 2.14. The van der Waals surface area contributed by atoms with Crippen molar-refractivity contribution in [3.8, 4) is 0 Å². The summed E-state index contributed by atoms with van der Waals surface area (Å²) in [5.74, 6) is -0.205. The van der Waals surface area contributed by atoms with Crippen molar-refractivity contribution in [1.29, 1.82) is 0 Å². The van der Waals surface area contributed by atoms with Gasteiger partial charge in [-0.15, -0.1) is 0 Å². The summed E-state index contributed by atoms with van der Waals surface area (Å²) in [6.45, 7) is -0.00195. The molecule has 1 aromatic heterocycles. The number of nitrogens with one attached hydrogen (secondary N) is 2. The summed E-state index contributed by atoms with van der Waals surface area (Å²) in [4.78, 5) is 29.7. The van der Waals surface area contributed by atoms with E-state index in [0.29, 0.717) is 16.5 Å². The predicted octanol–water partition coefficient (Wildman–Crippen LogP) is 4.31. The molecule has 138 valence electrons. The second kappa shape index (κ2) is 9.53. The molecule has 0 saturated carbocycles. The fourth-order valence-corrected chi connectivity index (χ4v) is 2.82. The second-order valence-electron chi connectivity index (χ2n) is 5.38. The molecule has 0 aliphatic carbocycles. The number of carbonyl (C=O) groups excluding carboxylic acids is 2. The highest BCUT2D eigenvalue weighted by Crippen LogP contribution is 2.32. The lowest BCUT2D eigenvalue weighted by molar-refractivity contribution is -0.119. The molecule has 2 rings (SSSR count). The number of halogens is 4. The van der Waals surface area contributed by atoms with Crippen molar-refractivity contribution in [1.82, 2.24) is 9.88 Å². The van der Waals surface area contributed by atoms with Crippen molar-refractivity contribution in [3.05, 3.63) is 50.0 Å². The number of pyridine rings is 1. The van der Waals surface area contributed by atoms with Crippen molar-refractivity contribution in [2.75, 3.05) is 30.8 Å². The Morgan fingerprint density at radius 1 is 1.04 bits per heavy atom. The fourth-order valence-electron chi connectivity index (χ4n) is 1.99. The van der Waals surface area contributed by atoms with Crippen LogP contribution in [0.25, 0.3) is 0 Å². The fraction of sp³-hybridized carbons (Fsp3) is 0.188. The molecule has 26 heavy (non-hydrogen) atoms. The maximum atomic E-state index is 12.1. The summed E-state index contributed by atoms with van der Waals surface area (Å²) >= 11 is 21.1. The minimum Gasteiger partial charge on any atom is -0.324 e. The zero-order chi connectivity index (χ0) is 19.3. The van der Waals surface area contributed by atoms with Gasteiger partial charge in [0.1, 0.15) is 5.82 Å². The van der Waals surface area contributed by atoms with Crippen LogP contribution in [-0.4, -0.2) is 41.8 Å². The van der Waals surface area contributed by atoms with Crippen LogP contribution in [0.5, 0.6) is 0 Å². The zero-order valence-corrected chi connectivity index (χ0v) is 17.4. The standard InChI is InChI=1S/C16H14BrCl3N4O2/c1-24(8-16(26)23-14-3-2-9(17)6-21-14)7-15(25)22-13-5-11(19)10(18)4-12(13)20/h2-6H,7-8H2,1H3,(H,22,25)(H,21,23,26). The number of hydrogen-bond acceptors (Lipinski definition) is 4. The van der Waals surface area contributed by atoms with Crippen LogP contribution in [0.1, 0.15) is 0 Å². The third-order valence-corrected chi connectivity index (χ3v) is 4.61. The highest BCUT2D eigenvalue weighted by atomic mass is 79.9. The first-order chi connectivity index (χ1) is 12.2. The molecule has 6 nitrogen and oxygen atoms in total. The maximum Gasteiger partial charge on any atom is 0.239 e. The van der Waals surface area contributed by atoms with Gasteiger partial charge < -0.3 is 10.6 Å². The number of rotatable bonds is 6. The van der Waals surface area contributed by atoms with Crippen molar-refractivity contribution < 1.29 is 9.59 Å². The van der Waals surface area contributed by atoms with Crippen molar-refractivity contribution in [3.63, 3.8) is 0 Å². The number of carbonyl (C=O) groups is 2. The van der Waals surface area contributed by atoms with Crippen molar-refractivity contribution in [2.24, 2.45) is 0 Å². The van der Waals surface area contributed by atoms with E-state index in [1.54, 1.807) is 30.3 Å². The molecular weight excluding hydrogens is 466 g/mol. The van der Waals surface area contributed by atoms with Crippen molar-refractivity contribution in [2.45, 2.75) is 0 Å². The molecule has 0 spiro atoms. The molecule has 0 radical (unpaired) electrons. The second-order valence-corrected chi connectivity index (χ2v) is 7.51. The molecular formula is C16H14BrCl3N4O2. The number of hydrogen-bond donors (Lipinski definition) is 2. The Labute approximate surface area is 173 Å². The summed E-state index contributed by atoms with van der Waals surface area (Å²) < 4.78 is 0.810. The minimum atomic E-state index is -0.345. The van der Waals surface area contributed by atoms with Crippen LogP contribution >= 0.6 is 50.7 Å². The summed E-state index contributed by atoms with van der Waals surface area (Å²) in [7, 11) is 1.64. The van der Waals surface area contributed by atoms with E-state index in [1.165, 1.54) is 12.1 Å². The van der Waals surface area contributed by atoms with Crippen LogP contribution in [0.3, 0.4) is 0 Å². The van der Waals surface area contributed by atoms with Gasteiger partial charge in [-0.05, 0) is 47.2 Å². The quantitative estimate of drug-likeness (QED) is 0.604. The molecule has 0 fully saturated rings. The lowest BCUT2D eigenvalue weighted by Crippen LogP contribution is -2.36. The van der Waals surface area contributed by atoms with Gasteiger partial charge in [0.15, 0.2) is 0 Å². The summed E-state index contributed by atoms with van der Waals surface area (Å²) in [6.07, 6.45) is 1.58. The predicted molar refractivity (Wildman–Crippen MR) is 108 cm³/mol. The highest BCUT2D eigenvalue weighted by molar-refractivity contribution is 9.10. The first-order valence-corrected chi connectivity index (χ1v) is 9.21. The van der Waals surface area contributed by atoms with Crippen LogP contribution in [0.4, 0.5) is 11.5 Å². The number of amides is 2. The molecule has 0 aliphatic rings. The Hall–Kier alpha value is -1.38. The number of anilines is 2. The number of benzene rings is 1. The Balaban J connectivity index is 1.85.